The lowest BCUT2D eigenvalue weighted by atomic mass is 10.2. The molecule has 0 unspecified atom stereocenters. The quantitative estimate of drug-likeness (QED) is 0.412. The molecule has 5 heteroatoms. The van der Waals surface area contributed by atoms with Gasteiger partial charge in [-0.25, -0.2) is 4.79 Å². The second-order valence-electron chi connectivity index (χ2n) is 3.69. The summed E-state index contributed by atoms with van der Waals surface area (Å²) < 4.78 is 12.2. The summed E-state index contributed by atoms with van der Waals surface area (Å²) in [5.74, 6) is 0.864. The summed E-state index contributed by atoms with van der Waals surface area (Å²) in [6, 6.07) is 12.3. The number of carbonyl (C=O) groups is 1. The number of rotatable bonds is 3. The third-order valence-corrected chi connectivity index (χ3v) is 3.78. The molecule has 0 bridgehead atoms. The highest BCUT2D eigenvalue weighted by atomic mass is 127. The van der Waals surface area contributed by atoms with Crippen molar-refractivity contribution in [1.29, 1.82) is 0 Å². The zero-order valence-corrected chi connectivity index (χ0v) is 13.8. The van der Waals surface area contributed by atoms with Crippen LogP contribution in [-0.4, -0.2) is 13.1 Å². The molecule has 98 valence electrons. The van der Waals surface area contributed by atoms with E-state index < -0.39 is 0 Å². The zero-order chi connectivity index (χ0) is 13.8. The van der Waals surface area contributed by atoms with Crippen molar-refractivity contribution in [3.05, 3.63) is 56.1 Å². The first kappa shape index (κ1) is 14.3. The van der Waals surface area contributed by atoms with Gasteiger partial charge in [0.15, 0.2) is 0 Å². The Kier molecular flexibility index (Phi) is 4.81. The number of hydrogen-bond acceptors (Lipinski definition) is 3. The Morgan fingerprint density at radius 3 is 2.42 bits per heavy atom. The molecule has 0 saturated carbocycles. The summed E-state index contributed by atoms with van der Waals surface area (Å²) in [5.41, 5.74) is 0.494. The van der Waals surface area contributed by atoms with Gasteiger partial charge < -0.3 is 9.47 Å². The lowest BCUT2D eigenvalue weighted by Gasteiger charge is -2.07. The first-order valence-electron chi connectivity index (χ1n) is 5.41. The number of esters is 1. The molecule has 0 heterocycles. The molecule has 0 aromatic heterocycles. The highest BCUT2D eigenvalue weighted by molar-refractivity contribution is 14.1. The van der Waals surface area contributed by atoms with Gasteiger partial charge in [-0.05, 0) is 65.1 Å². The van der Waals surface area contributed by atoms with Crippen molar-refractivity contribution in [2.24, 2.45) is 0 Å². The fourth-order valence-electron chi connectivity index (χ4n) is 1.46. The molecule has 0 aliphatic heterocycles. The molecule has 0 fully saturated rings. The minimum absolute atomic E-state index is 0.386. The first-order chi connectivity index (χ1) is 9.10. The molecule has 0 aliphatic carbocycles. The van der Waals surface area contributed by atoms with Crippen LogP contribution in [0.5, 0.6) is 11.5 Å². The van der Waals surface area contributed by atoms with Gasteiger partial charge in [0, 0.05) is 4.47 Å². The van der Waals surface area contributed by atoms with Crippen LogP contribution in [-0.2, 0) is 0 Å². The summed E-state index contributed by atoms with van der Waals surface area (Å²) in [4.78, 5) is 12.0. The third-order valence-electron chi connectivity index (χ3n) is 2.41. The predicted molar refractivity (Wildman–Crippen MR) is 84.8 cm³/mol. The molecule has 0 spiro atoms. The zero-order valence-electron chi connectivity index (χ0n) is 10.0. The Morgan fingerprint density at radius 2 is 1.84 bits per heavy atom. The molecular formula is C14H10BrIO3. The molecule has 0 aliphatic rings. The molecule has 19 heavy (non-hydrogen) atoms. The van der Waals surface area contributed by atoms with Crippen molar-refractivity contribution in [2.45, 2.75) is 0 Å². The van der Waals surface area contributed by atoms with E-state index in [-0.39, 0.29) is 5.97 Å². The van der Waals surface area contributed by atoms with Crippen molar-refractivity contribution in [2.75, 3.05) is 7.11 Å². The minimum atomic E-state index is -0.386. The van der Waals surface area contributed by atoms with Crippen LogP contribution in [0.2, 0.25) is 0 Å². The van der Waals surface area contributed by atoms with Crippen LogP contribution in [0.1, 0.15) is 10.4 Å². The lowest BCUT2D eigenvalue weighted by molar-refractivity contribution is 0.0734. The summed E-state index contributed by atoms with van der Waals surface area (Å²) in [5, 5.41) is 0. The van der Waals surface area contributed by atoms with Crippen LogP contribution in [0.15, 0.2) is 46.9 Å². The van der Waals surface area contributed by atoms with E-state index >= 15 is 0 Å². The summed E-state index contributed by atoms with van der Waals surface area (Å²) in [6.45, 7) is 0. The number of hydrogen-bond donors (Lipinski definition) is 0. The standard InChI is InChI=1S/C14H10BrIO3/c1-18-13-7-2-9(8-12(13)16)14(17)19-11-5-3-10(15)4-6-11/h2-8H,1H3. The fraction of sp³-hybridized carbons (Fsp3) is 0.0714. The first-order valence-corrected chi connectivity index (χ1v) is 7.28. The number of ether oxygens (including phenoxy) is 2. The van der Waals surface area contributed by atoms with E-state index in [1.165, 1.54) is 0 Å². The van der Waals surface area contributed by atoms with Gasteiger partial charge in [-0.2, -0.15) is 0 Å². The Morgan fingerprint density at radius 1 is 1.16 bits per heavy atom. The van der Waals surface area contributed by atoms with Crippen molar-refractivity contribution in [3.8, 4) is 11.5 Å². The number of carbonyl (C=O) groups excluding carboxylic acids is 1. The minimum Gasteiger partial charge on any atom is -0.496 e. The van der Waals surface area contributed by atoms with Crippen LogP contribution < -0.4 is 9.47 Å². The number of halogens is 2. The van der Waals surface area contributed by atoms with Crippen molar-refractivity contribution in [1.82, 2.24) is 0 Å². The highest BCUT2D eigenvalue weighted by Crippen LogP contribution is 2.23. The molecule has 0 amide bonds. The van der Waals surface area contributed by atoms with E-state index in [9.17, 15) is 4.79 Å². The topological polar surface area (TPSA) is 35.5 Å². The van der Waals surface area contributed by atoms with Crippen LogP contribution in [0, 0.1) is 3.57 Å². The molecule has 0 radical (unpaired) electrons. The van der Waals surface area contributed by atoms with Gasteiger partial charge in [0.1, 0.15) is 11.5 Å². The normalized spacial score (nSPS) is 10.1. The van der Waals surface area contributed by atoms with Crippen LogP contribution in [0.4, 0.5) is 0 Å². The highest BCUT2D eigenvalue weighted by Gasteiger charge is 2.11. The van der Waals surface area contributed by atoms with Crippen molar-refractivity contribution >= 4 is 44.5 Å². The van der Waals surface area contributed by atoms with E-state index in [2.05, 4.69) is 38.5 Å². The fourth-order valence-corrected chi connectivity index (χ4v) is 2.46. The van der Waals surface area contributed by atoms with E-state index in [4.69, 9.17) is 9.47 Å². The van der Waals surface area contributed by atoms with Gasteiger partial charge in [-0.1, -0.05) is 15.9 Å². The summed E-state index contributed by atoms with van der Waals surface area (Å²) >= 11 is 5.44. The van der Waals surface area contributed by atoms with Gasteiger partial charge in [0.05, 0.1) is 16.2 Å². The van der Waals surface area contributed by atoms with Crippen LogP contribution in [0.3, 0.4) is 0 Å². The molecule has 2 rings (SSSR count). The van der Waals surface area contributed by atoms with E-state index in [0.29, 0.717) is 11.3 Å². The molecule has 0 N–H and O–H groups in total. The Balaban J connectivity index is 2.16. The molecular weight excluding hydrogens is 423 g/mol. The Hall–Kier alpha value is -1.08. The largest absolute Gasteiger partial charge is 0.496 e. The molecule has 0 atom stereocenters. The maximum atomic E-state index is 12.0. The van der Waals surface area contributed by atoms with Gasteiger partial charge in [0.2, 0.25) is 0 Å². The van der Waals surface area contributed by atoms with Gasteiger partial charge in [-0.15, -0.1) is 0 Å². The van der Waals surface area contributed by atoms with E-state index in [1.807, 2.05) is 12.1 Å². The molecule has 2 aromatic carbocycles. The average molecular weight is 433 g/mol. The molecule has 2 aromatic rings. The Labute approximate surface area is 133 Å². The SMILES string of the molecule is COc1ccc(C(=O)Oc2ccc(Br)cc2)cc1I. The second kappa shape index (κ2) is 6.38. The number of benzene rings is 2. The molecule has 0 saturated heterocycles. The maximum Gasteiger partial charge on any atom is 0.343 e. The monoisotopic (exact) mass is 432 g/mol. The molecule has 3 nitrogen and oxygen atoms in total. The van der Waals surface area contributed by atoms with Gasteiger partial charge in [-0.3, -0.25) is 0 Å². The van der Waals surface area contributed by atoms with Gasteiger partial charge >= 0.3 is 5.97 Å². The lowest BCUT2D eigenvalue weighted by Crippen LogP contribution is -2.08. The van der Waals surface area contributed by atoms with Crippen LogP contribution in [0.25, 0.3) is 0 Å². The van der Waals surface area contributed by atoms with E-state index in [1.54, 1.807) is 37.4 Å². The van der Waals surface area contributed by atoms with Crippen LogP contribution >= 0.6 is 38.5 Å². The second-order valence-corrected chi connectivity index (χ2v) is 5.77. The predicted octanol–water partition coefficient (Wildman–Crippen LogP) is 4.28. The maximum absolute atomic E-state index is 12.0. The summed E-state index contributed by atoms with van der Waals surface area (Å²) in [6.07, 6.45) is 0. The average Bonchev–Trinajstić information content (AvgIpc) is 2.41. The summed E-state index contributed by atoms with van der Waals surface area (Å²) in [7, 11) is 1.59. The number of methoxy groups -OCH3 is 1. The van der Waals surface area contributed by atoms with Crippen molar-refractivity contribution in [3.63, 3.8) is 0 Å². The Bertz CT molecular complexity index is 596. The van der Waals surface area contributed by atoms with E-state index in [0.717, 1.165) is 13.8 Å². The van der Waals surface area contributed by atoms with Crippen molar-refractivity contribution < 1.29 is 14.3 Å². The smallest absolute Gasteiger partial charge is 0.343 e. The van der Waals surface area contributed by atoms with Gasteiger partial charge in [0.25, 0.3) is 0 Å². The third kappa shape index (κ3) is 3.70.